The fourth-order valence-corrected chi connectivity index (χ4v) is 3.38. The van der Waals surface area contributed by atoms with E-state index in [1.807, 2.05) is 0 Å². The Labute approximate surface area is 113 Å². The molecule has 4 heteroatoms. The number of halogens is 1. The molecule has 2 unspecified atom stereocenters. The number of likely N-dealkylation sites (tertiary alicyclic amines) is 1. The van der Waals surface area contributed by atoms with Crippen molar-refractivity contribution in [2.75, 3.05) is 26.7 Å². The van der Waals surface area contributed by atoms with E-state index < -0.39 is 0 Å². The van der Waals surface area contributed by atoms with Crippen molar-refractivity contribution in [1.29, 1.82) is 0 Å². The average Bonchev–Trinajstić information content (AvgIpc) is 2.81. The van der Waals surface area contributed by atoms with Gasteiger partial charge in [-0.3, -0.25) is 4.90 Å². The Morgan fingerprint density at radius 2 is 2.32 bits per heavy atom. The maximum Gasteiger partial charge on any atom is 0.123 e. The molecule has 2 atom stereocenters. The Balaban J connectivity index is 1.70. The number of nitrogens with one attached hydrogen (secondary N) is 1. The van der Waals surface area contributed by atoms with Gasteiger partial charge in [-0.15, -0.1) is 0 Å². The van der Waals surface area contributed by atoms with Crippen LogP contribution in [0.25, 0.3) is 0 Å². The lowest BCUT2D eigenvalue weighted by atomic mass is 9.94. The molecule has 2 aliphatic rings. The van der Waals surface area contributed by atoms with Gasteiger partial charge in [0.2, 0.25) is 0 Å². The predicted molar refractivity (Wildman–Crippen MR) is 72.7 cm³/mol. The molecule has 2 heterocycles. The molecule has 3 rings (SSSR count). The van der Waals surface area contributed by atoms with Gasteiger partial charge in [0.05, 0.1) is 7.11 Å². The predicted octanol–water partition coefficient (Wildman–Crippen LogP) is 2.02. The maximum atomic E-state index is 13.4. The molecular formula is C15H21FN2O. The van der Waals surface area contributed by atoms with Gasteiger partial charge < -0.3 is 10.1 Å². The van der Waals surface area contributed by atoms with Crippen LogP contribution < -0.4 is 10.1 Å². The van der Waals surface area contributed by atoms with E-state index >= 15 is 0 Å². The van der Waals surface area contributed by atoms with Crippen molar-refractivity contribution in [3.05, 3.63) is 29.6 Å². The Bertz CT molecular complexity index is 438. The van der Waals surface area contributed by atoms with Gasteiger partial charge in [-0.1, -0.05) is 0 Å². The molecule has 1 N–H and O–H groups in total. The first-order chi connectivity index (χ1) is 9.26. The molecule has 19 heavy (non-hydrogen) atoms. The standard InChI is InChI=1S/C15H21FN2O/c1-19-15-5-4-13(16)7-12(15)9-18-8-11-3-2-6-17-14(11)10-18/h4-5,7,11,14,17H,2-3,6,8-10H2,1H3. The van der Waals surface area contributed by atoms with Crippen LogP contribution in [-0.4, -0.2) is 37.7 Å². The van der Waals surface area contributed by atoms with Crippen molar-refractivity contribution >= 4 is 0 Å². The first-order valence-electron chi connectivity index (χ1n) is 7.04. The third-order valence-corrected chi connectivity index (χ3v) is 4.31. The van der Waals surface area contributed by atoms with E-state index in [2.05, 4.69) is 10.2 Å². The van der Waals surface area contributed by atoms with Crippen LogP contribution in [-0.2, 0) is 6.54 Å². The molecule has 0 spiro atoms. The van der Waals surface area contributed by atoms with Gasteiger partial charge in [-0.05, 0) is 43.5 Å². The van der Waals surface area contributed by atoms with Gasteiger partial charge in [-0.25, -0.2) is 4.39 Å². The van der Waals surface area contributed by atoms with E-state index in [9.17, 15) is 4.39 Å². The second kappa shape index (κ2) is 5.47. The minimum atomic E-state index is -0.189. The second-order valence-corrected chi connectivity index (χ2v) is 5.61. The zero-order valence-electron chi connectivity index (χ0n) is 11.4. The van der Waals surface area contributed by atoms with Crippen LogP contribution in [0.1, 0.15) is 18.4 Å². The first-order valence-corrected chi connectivity index (χ1v) is 7.04. The molecule has 3 nitrogen and oxygen atoms in total. The normalized spacial score (nSPS) is 27.3. The number of rotatable bonds is 3. The van der Waals surface area contributed by atoms with Crippen LogP contribution >= 0.6 is 0 Å². The molecule has 0 aliphatic carbocycles. The Morgan fingerprint density at radius 1 is 1.42 bits per heavy atom. The van der Waals surface area contributed by atoms with Gasteiger partial charge in [-0.2, -0.15) is 0 Å². The Kier molecular flexibility index (Phi) is 3.71. The number of nitrogens with zero attached hydrogens (tertiary/aromatic N) is 1. The zero-order chi connectivity index (χ0) is 13.2. The molecule has 0 radical (unpaired) electrons. The van der Waals surface area contributed by atoms with Gasteiger partial charge >= 0.3 is 0 Å². The van der Waals surface area contributed by atoms with Crippen molar-refractivity contribution in [2.24, 2.45) is 5.92 Å². The van der Waals surface area contributed by atoms with Gasteiger partial charge in [0.25, 0.3) is 0 Å². The highest BCUT2D eigenvalue weighted by atomic mass is 19.1. The fourth-order valence-electron chi connectivity index (χ4n) is 3.38. The SMILES string of the molecule is COc1ccc(F)cc1CN1CC2CCCNC2C1. The van der Waals surface area contributed by atoms with E-state index in [4.69, 9.17) is 4.74 Å². The summed E-state index contributed by atoms with van der Waals surface area (Å²) in [5.41, 5.74) is 0.946. The van der Waals surface area contributed by atoms with Gasteiger partial charge in [0, 0.05) is 31.2 Å². The lowest BCUT2D eigenvalue weighted by Crippen LogP contribution is -2.40. The first kappa shape index (κ1) is 12.9. The van der Waals surface area contributed by atoms with Crippen LogP contribution in [0.2, 0.25) is 0 Å². The van der Waals surface area contributed by atoms with Crippen molar-refractivity contribution in [2.45, 2.75) is 25.4 Å². The molecule has 2 saturated heterocycles. The van der Waals surface area contributed by atoms with Crippen LogP contribution in [0.5, 0.6) is 5.75 Å². The highest BCUT2D eigenvalue weighted by Gasteiger charge is 2.34. The minimum Gasteiger partial charge on any atom is -0.496 e. The summed E-state index contributed by atoms with van der Waals surface area (Å²) in [6.45, 7) is 4.08. The van der Waals surface area contributed by atoms with Crippen molar-refractivity contribution < 1.29 is 9.13 Å². The molecule has 2 aliphatic heterocycles. The quantitative estimate of drug-likeness (QED) is 0.904. The second-order valence-electron chi connectivity index (χ2n) is 5.61. The van der Waals surface area contributed by atoms with E-state index in [1.165, 1.54) is 18.9 Å². The molecule has 0 aromatic heterocycles. The summed E-state index contributed by atoms with van der Waals surface area (Å²) < 4.78 is 18.7. The van der Waals surface area contributed by atoms with Gasteiger partial charge in [0.15, 0.2) is 0 Å². The summed E-state index contributed by atoms with van der Waals surface area (Å²) in [5, 5.41) is 3.59. The summed E-state index contributed by atoms with van der Waals surface area (Å²) in [6.07, 6.45) is 2.59. The van der Waals surface area contributed by atoms with Crippen LogP contribution in [0, 0.1) is 11.7 Å². The smallest absolute Gasteiger partial charge is 0.123 e. The number of piperidine rings is 1. The lowest BCUT2D eigenvalue weighted by molar-refractivity contribution is 0.304. The largest absolute Gasteiger partial charge is 0.496 e. The van der Waals surface area contributed by atoms with Crippen LogP contribution in [0.3, 0.4) is 0 Å². The number of methoxy groups -OCH3 is 1. The van der Waals surface area contributed by atoms with Crippen LogP contribution in [0.15, 0.2) is 18.2 Å². The summed E-state index contributed by atoms with van der Waals surface area (Å²) in [5.74, 6) is 1.35. The number of benzene rings is 1. The highest BCUT2D eigenvalue weighted by Crippen LogP contribution is 2.28. The minimum absolute atomic E-state index is 0.189. The third-order valence-electron chi connectivity index (χ3n) is 4.31. The monoisotopic (exact) mass is 264 g/mol. The molecule has 0 bridgehead atoms. The summed E-state index contributed by atoms with van der Waals surface area (Å²) >= 11 is 0. The van der Waals surface area contributed by atoms with Crippen molar-refractivity contribution in [3.63, 3.8) is 0 Å². The molecule has 2 fully saturated rings. The van der Waals surface area contributed by atoms with Crippen molar-refractivity contribution in [1.82, 2.24) is 10.2 Å². The van der Waals surface area contributed by atoms with E-state index in [0.29, 0.717) is 6.04 Å². The summed E-state index contributed by atoms with van der Waals surface area (Å²) in [4.78, 5) is 2.41. The molecule has 1 aromatic rings. The maximum absolute atomic E-state index is 13.4. The topological polar surface area (TPSA) is 24.5 Å². The molecule has 104 valence electrons. The third kappa shape index (κ3) is 2.74. The Morgan fingerprint density at radius 3 is 3.11 bits per heavy atom. The van der Waals surface area contributed by atoms with E-state index in [1.54, 1.807) is 19.2 Å². The molecular weight excluding hydrogens is 243 g/mol. The van der Waals surface area contributed by atoms with Gasteiger partial charge in [0.1, 0.15) is 11.6 Å². The lowest BCUT2D eigenvalue weighted by Gasteiger charge is -2.24. The van der Waals surface area contributed by atoms with E-state index in [0.717, 1.165) is 43.4 Å². The average molecular weight is 264 g/mol. The summed E-state index contributed by atoms with van der Waals surface area (Å²) in [7, 11) is 1.64. The van der Waals surface area contributed by atoms with Crippen LogP contribution in [0.4, 0.5) is 4.39 Å². The molecule has 0 amide bonds. The Hall–Kier alpha value is -1.13. The van der Waals surface area contributed by atoms with Crippen molar-refractivity contribution in [3.8, 4) is 5.75 Å². The number of hydrogen-bond acceptors (Lipinski definition) is 3. The number of fused-ring (bicyclic) bond motifs is 1. The number of ether oxygens (including phenoxy) is 1. The zero-order valence-corrected chi connectivity index (χ0v) is 11.4. The summed E-state index contributed by atoms with van der Waals surface area (Å²) in [6, 6.07) is 5.38. The highest BCUT2D eigenvalue weighted by molar-refractivity contribution is 5.34. The number of hydrogen-bond donors (Lipinski definition) is 1. The molecule has 1 aromatic carbocycles. The molecule has 0 saturated carbocycles. The fraction of sp³-hybridized carbons (Fsp3) is 0.600. The van der Waals surface area contributed by atoms with E-state index in [-0.39, 0.29) is 5.82 Å².